The summed E-state index contributed by atoms with van der Waals surface area (Å²) in [5.41, 5.74) is 0. The van der Waals surface area contributed by atoms with E-state index in [2.05, 4.69) is 39.5 Å². The molecule has 2 aliphatic heterocycles. The van der Waals surface area contributed by atoms with Crippen LogP contribution in [0.2, 0.25) is 0 Å². The van der Waals surface area contributed by atoms with Gasteiger partial charge in [0.1, 0.15) is 11.4 Å². The van der Waals surface area contributed by atoms with Gasteiger partial charge in [0.25, 0.3) is 5.91 Å². The second-order valence-electron chi connectivity index (χ2n) is 5.70. The summed E-state index contributed by atoms with van der Waals surface area (Å²) in [6.45, 7) is 4.19. The van der Waals surface area contributed by atoms with Crippen LogP contribution in [0.4, 0.5) is 0 Å². The summed E-state index contributed by atoms with van der Waals surface area (Å²) in [5.74, 6) is 0.592. The molecule has 3 atom stereocenters. The van der Waals surface area contributed by atoms with Crippen LogP contribution in [-0.2, 0) is 4.79 Å². The Morgan fingerprint density at radius 3 is 2.85 bits per heavy atom. The van der Waals surface area contributed by atoms with Gasteiger partial charge >= 0.3 is 0 Å². The first kappa shape index (κ1) is 13.3. The Morgan fingerprint density at radius 1 is 1.50 bits per heavy atom. The van der Waals surface area contributed by atoms with Gasteiger partial charge in [0, 0.05) is 18.8 Å². The van der Waals surface area contributed by atoms with Crippen molar-refractivity contribution in [1.82, 2.24) is 30.4 Å². The van der Waals surface area contributed by atoms with Crippen LogP contribution in [0.5, 0.6) is 0 Å². The SMILES string of the molecule is CN(C)C=NC1C(=O)N2C(c3nn[nH]n3)C(C)(C)S[C@H]12. The van der Waals surface area contributed by atoms with Crippen LogP contribution in [0.25, 0.3) is 0 Å². The number of H-pyrrole nitrogens is 1. The van der Waals surface area contributed by atoms with E-state index in [0.29, 0.717) is 5.82 Å². The van der Waals surface area contributed by atoms with Crippen LogP contribution >= 0.6 is 11.8 Å². The van der Waals surface area contributed by atoms with Gasteiger partial charge in [-0.05, 0) is 13.8 Å². The Morgan fingerprint density at radius 2 is 2.25 bits per heavy atom. The summed E-state index contributed by atoms with van der Waals surface area (Å²) in [6.07, 6.45) is 1.69. The molecule has 2 saturated heterocycles. The molecular formula is C11H17N7OS. The Hall–Kier alpha value is -1.64. The molecule has 1 aromatic rings. The smallest absolute Gasteiger partial charge is 0.252 e. The number of carbonyl (C=O) groups is 1. The van der Waals surface area contributed by atoms with Crippen molar-refractivity contribution in [2.45, 2.75) is 36.1 Å². The average molecular weight is 295 g/mol. The number of hydrogen-bond donors (Lipinski definition) is 1. The molecule has 2 fully saturated rings. The first-order chi connectivity index (χ1) is 9.42. The quantitative estimate of drug-likeness (QED) is 0.475. The summed E-state index contributed by atoms with van der Waals surface area (Å²) in [6, 6.07) is -0.465. The normalized spacial score (nSPS) is 31.5. The standard InChI is InChI=1S/C11H17N7OS/c1-11(2)7(8-13-15-16-14-8)18-9(19)6(10(18)20-11)12-5-17(3)4/h5-7,10H,1-4H3,(H,13,14,15,16)/t6?,7?,10-/m1/s1. The van der Waals surface area contributed by atoms with Crippen LogP contribution in [0.15, 0.2) is 4.99 Å². The zero-order valence-electron chi connectivity index (χ0n) is 11.8. The van der Waals surface area contributed by atoms with Crippen LogP contribution < -0.4 is 0 Å². The number of hydrogen-bond acceptors (Lipinski definition) is 6. The fourth-order valence-electron chi connectivity index (χ4n) is 2.64. The molecule has 2 unspecified atom stereocenters. The van der Waals surface area contributed by atoms with Crippen molar-refractivity contribution >= 4 is 24.0 Å². The second-order valence-corrected chi connectivity index (χ2v) is 7.47. The van der Waals surface area contributed by atoms with Crippen molar-refractivity contribution in [2.24, 2.45) is 4.99 Å². The summed E-state index contributed by atoms with van der Waals surface area (Å²) < 4.78 is -0.160. The molecule has 9 heteroatoms. The highest BCUT2D eigenvalue weighted by molar-refractivity contribution is 8.01. The van der Waals surface area contributed by atoms with Gasteiger partial charge in [-0.1, -0.05) is 5.21 Å². The van der Waals surface area contributed by atoms with E-state index in [0.717, 1.165) is 0 Å². The topological polar surface area (TPSA) is 90.4 Å². The zero-order chi connectivity index (χ0) is 14.5. The lowest BCUT2D eigenvalue weighted by atomic mass is 9.96. The van der Waals surface area contributed by atoms with Gasteiger partial charge in [-0.25, -0.2) is 0 Å². The Bertz CT molecular complexity index is 541. The van der Waals surface area contributed by atoms with Crippen molar-refractivity contribution in [2.75, 3.05) is 14.1 Å². The van der Waals surface area contributed by atoms with E-state index >= 15 is 0 Å². The van der Waals surface area contributed by atoms with Gasteiger partial charge in [-0.15, -0.1) is 22.0 Å². The molecule has 3 rings (SSSR count). The van der Waals surface area contributed by atoms with Crippen molar-refractivity contribution in [1.29, 1.82) is 0 Å². The minimum Gasteiger partial charge on any atom is -0.369 e. The molecule has 0 bridgehead atoms. The number of aliphatic imine (C=N–C) groups is 1. The van der Waals surface area contributed by atoms with Crippen LogP contribution in [0.3, 0.4) is 0 Å². The highest BCUT2D eigenvalue weighted by atomic mass is 32.2. The minimum atomic E-state index is -0.307. The third kappa shape index (κ3) is 1.88. The van der Waals surface area contributed by atoms with Crippen molar-refractivity contribution < 1.29 is 4.79 Å². The maximum absolute atomic E-state index is 12.3. The molecule has 108 valence electrons. The van der Waals surface area contributed by atoms with Crippen molar-refractivity contribution in [3.8, 4) is 0 Å². The van der Waals surface area contributed by atoms with Crippen LogP contribution in [0.1, 0.15) is 25.7 Å². The van der Waals surface area contributed by atoms with Gasteiger partial charge in [0.2, 0.25) is 0 Å². The predicted octanol–water partition coefficient (Wildman–Crippen LogP) is -0.107. The minimum absolute atomic E-state index is 0.0287. The number of tetrazole rings is 1. The third-order valence-corrected chi connectivity index (χ3v) is 5.03. The number of nitrogens with one attached hydrogen (secondary N) is 1. The molecular weight excluding hydrogens is 278 g/mol. The number of thioether (sulfide) groups is 1. The summed E-state index contributed by atoms with van der Waals surface area (Å²) >= 11 is 1.74. The number of nitrogens with zero attached hydrogens (tertiary/aromatic N) is 6. The maximum Gasteiger partial charge on any atom is 0.252 e. The third-order valence-electron chi connectivity index (χ3n) is 3.48. The van der Waals surface area contributed by atoms with E-state index in [1.165, 1.54) is 0 Å². The molecule has 0 saturated carbocycles. The fraction of sp³-hybridized carbons (Fsp3) is 0.727. The molecule has 8 nitrogen and oxygen atoms in total. The highest BCUT2D eigenvalue weighted by Crippen LogP contribution is 2.57. The molecule has 2 aliphatic rings. The van der Waals surface area contributed by atoms with Gasteiger partial charge in [-0.3, -0.25) is 9.79 Å². The molecule has 0 spiro atoms. The van der Waals surface area contributed by atoms with Gasteiger partial charge < -0.3 is 9.80 Å². The Kier molecular flexibility index (Phi) is 2.96. The molecule has 20 heavy (non-hydrogen) atoms. The number of aromatic amines is 1. The average Bonchev–Trinajstić information content (AvgIpc) is 2.93. The number of fused-ring (bicyclic) bond motifs is 1. The predicted molar refractivity (Wildman–Crippen MR) is 75.2 cm³/mol. The molecule has 3 heterocycles. The number of rotatable bonds is 3. The van der Waals surface area contributed by atoms with Gasteiger partial charge in [0.15, 0.2) is 11.9 Å². The van der Waals surface area contributed by atoms with Gasteiger partial charge in [-0.2, -0.15) is 5.21 Å². The highest BCUT2D eigenvalue weighted by Gasteiger charge is 2.63. The first-order valence-corrected chi connectivity index (χ1v) is 7.23. The largest absolute Gasteiger partial charge is 0.369 e. The molecule has 1 amide bonds. The molecule has 0 aromatic carbocycles. The lowest BCUT2D eigenvalue weighted by Crippen LogP contribution is -2.60. The van der Waals surface area contributed by atoms with E-state index in [9.17, 15) is 4.79 Å². The fourth-order valence-corrected chi connectivity index (χ4v) is 4.26. The first-order valence-electron chi connectivity index (χ1n) is 6.35. The molecule has 0 aliphatic carbocycles. The summed E-state index contributed by atoms with van der Waals surface area (Å²) in [4.78, 5) is 20.4. The Balaban J connectivity index is 1.86. The van der Waals surface area contributed by atoms with E-state index in [-0.39, 0.29) is 28.1 Å². The van der Waals surface area contributed by atoms with Crippen LogP contribution in [0, 0.1) is 0 Å². The summed E-state index contributed by atoms with van der Waals surface area (Å²) in [5, 5.41) is 14.2. The molecule has 1 N–H and O–H groups in total. The molecule has 1 aromatic heterocycles. The van der Waals surface area contributed by atoms with E-state index in [4.69, 9.17) is 0 Å². The number of carbonyl (C=O) groups excluding carboxylic acids is 1. The van der Waals surface area contributed by atoms with Crippen LogP contribution in [-0.4, -0.2) is 72.9 Å². The van der Waals surface area contributed by atoms with Crippen molar-refractivity contribution in [3.05, 3.63) is 5.82 Å². The second kappa shape index (κ2) is 4.44. The Labute approximate surface area is 121 Å². The number of amides is 1. The van der Waals surface area contributed by atoms with Gasteiger partial charge in [0.05, 0.1) is 6.34 Å². The van der Waals surface area contributed by atoms with E-state index in [1.807, 2.05) is 23.9 Å². The maximum atomic E-state index is 12.3. The van der Waals surface area contributed by atoms with Crippen molar-refractivity contribution in [3.63, 3.8) is 0 Å². The molecule has 0 radical (unpaired) electrons. The summed E-state index contributed by atoms with van der Waals surface area (Å²) in [7, 11) is 3.77. The number of β-lactam (4-membered cyclic amide) rings is 1. The van der Waals surface area contributed by atoms with E-state index in [1.54, 1.807) is 18.1 Å². The van der Waals surface area contributed by atoms with E-state index < -0.39 is 0 Å². The zero-order valence-corrected chi connectivity index (χ0v) is 12.6. The lowest BCUT2D eigenvalue weighted by molar-refractivity contribution is -0.147. The monoisotopic (exact) mass is 295 g/mol. The lowest BCUT2D eigenvalue weighted by Gasteiger charge is -2.41. The number of aromatic nitrogens is 4.